The predicted octanol–water partition coefficient (Wildman–Crippen LogP) is 2.30. The first-order chi connectivity index (χ1) is 9.97. The highest BCUT2D eigenvalue weighted by Gasteiger charge is 2.05. The van der Waals surface area contributed by atoms with Crippen molar-refractivity contribution in [1.82, 2.24) is 16.0 Å². The van der Waals surface area contributed by atoms with E-state index in [-0.39, 0.29) is 18.5 Å². The topological polar surface area (TPSA) is 70.2 Å². The zero-order valence-corrected chi connectivity index (χ0v) is 13.2. The number of nitrogens with one attached hydrogen (secondary N) is 3. The molecule has 0 spiro atoms. The number of carbonyl (C=O) groups is 2. The molecule has 0 radical (unpaired) electrons. The van der Waals surface area contributed by atoms with Crippen molar-refractivity contribution in [2.45, 2.75) is 26.8 Å². The molecule has 116 valence electrons. The van der Waals surface area contributed by atoms with Gasteiger partial charge in [-0.25, -0.2) is 4.79 Å². The molecule has 0 saturated heterocycles. The Balaban J connectivity index is 2.16. The number of carbonyl (C=O) groups excluding carboxylic acids is 2. The molecule has 0 saturated carbocycles. The molecule has 3 N–H and O–H groups in total. The van der Waals surface area contributed by atoms with Crippen LogP contribution in [-0.2, 0) is 11.3 Å². The maximum atomic E-state index is 11.6. The molecule has 0 unspecified atom stereocenters. The molecule has 0 bridgehead atoms. The molecular formula is C15H22ClN3O2. The SMILES string of the molecule is CC(C)CCNC(=O)NCC(=O)NCc1ccc(Cl)cc1. The summed E-state index contributed by atoms with van der Waals surface area (Å²) in [6.07, 6.45) is 0.913. The second kappa shape index (κ2) is 9.23. The Hall–Kier alpha value is -1.75. The molecule has 5 nitrogen and oxygen atoms in total. The molecule has 6 heteroatoms. The van der Waals surface area contributed by atoms with Crippen LogP contribution in [-0.4, -0.2) is 25.0 Å². The molecule has 0 aliphatic rings. The van der Waals surface area contributed by atoms with Gasteiger partial charge in [0, 0.05) is 18.1 Å². The fourth-order valence-electron chi connectivity index (χ4n) is 1.56. The van der Waals surface area contributed by atoms with Crippen molar-refractivity contribution in [2.75, 3.05) is 13.1 Å². The van der Waals surface area contributed by atoms with Crippen molar-refractivity contribution in [3.8, 4) is 0 Å². The van der Waals surface area contributed by atoms with Crippen molar-refractivity contribution in [1.29, 1.82) is 0 Å². The van der Waals surface area contributed by atoms with E-state index >= 15 is 0 Å². The summed E-state index contributed by atoms with van der Waals surface area (Å²) in [6.45, 7) is 5.15. The third kappa shape index (κ3) is 8.19. The summed E-state index contributed by atoms with van der Waals surface area (Å²) in [5.41, 5.74) is 0.953. The van der Waals surface area contributed by atoms with Gasteiger partial charge in [0.15, 0.2) is 0 Å². The third-order valence-electron chi connectivity index (χ3n) is 2.82. The molecule has 0 atom stereocenters. The summed E-state index contributed by atoms with van der Waals surface area (Å²) >= 11 is 5.78. The van der Waals surface area contributed by atoms with Crippen LogP contribution in [0.1, 0.15) is 25.8 Å². The Kier molecular flexibility index (Phi) is 7.61. The van der Waals surface area contributed by atoms with Crippen LogP contribution in [0.25, 0.3) is 0 Å². The second-order valence-corrected chi connectivity index (χ2v) is 5.63. The van der Waals surface area contributed by atoms with E-state index in [9.17, 15) is 9.59 Å². The molecule has 1 aromatic rings. The molecule has 0 heterocycles. The highest BCUT2D eigenvalue weighted by Crippen LogP contribution is 2.08. The van der Waals surface area contributed by atoms with Crippen molar-refractivity contribution < 1.29 is 9.59 Å². The molecule has 3 amide bonds. The summed E-state index contributed by atoms with van der Waals surface area (Å²) in [6, 6.07) is 6.90. The maximum Gasteiger partial charge on any atom is 0.315 e. The first-order valence-electron chi connectivity index (χ1n) is 7.00. The van der Waals surface area contributed by atoms with Crippen molar-refractivity contribution in [3.63, 3.8) is 0 Å². The van der Waals surface area contributed by atoms with Crippen LogP contribution in [0.4, 0.5) is 4.79 Å². The summed E-state index contributed by atoms with van der Waals surface area (Å²) in [5, 5.41) is 8.60. The van der Waals surface area contributed by atoms with E-state index in [1.54, 1.807) is 12.1 Å². The van der Waals surface area contributed by atoms with Gasteiger partial charge in [-0.3, -0.25) is 4.79 Å². The first-order valence-corrected chi connectivity index (χ1v) is 7.38. The van der Waals surface area contributed by atoms with Gasteiger partial charge in [0.25, 0.3) is 0 Å². The number of benzene rings is 1. The fraction of sp³-hybridized carbons (Fsp3) is 0.467. The molecule has 21 heavy (non-hydrogen) atoms. The van der Waals surface area contributed by atoms with Gasteiger partial charge in [0.1, 0.15) is 0 Å². The van der Waals surface area contributed by atoms with Gasteiger partial charge in [0.2, 0.25) is 5.91 Å². The van der Waals surface area contributed by atoms with Crippen LogP contribution in [0.3, 0.4) is 0 Å². The van der Waals surface area contributed by atoms with Crippen LogP contribution in [0.15, 0.2) is 24.3 Å². The second-order valence-electron chi connectivity index (χ2n) is 5.20. The van der Waals surface area contributed by atoms with E-state index < -0.39 is 0 Å². The van der Waals surface area contributed by atoms with Crippen LogP contribution in [0, 0.1) is 5.92 Å². The van der Waals surface area contributed by atoms with Crippen molar-refractivity contribution >= 4 is 23.5 Å². The number of urea groups is 1. The highest BCUT2D eigenvalue weighted by atomic mass is 35.5. The quantitative estimate of drug-likeness (QED) is 0.723. The van der Waals surface area contributed by atoms with Crippen LogP contribution in [0.2, 0.25) is 5.02 Å². The predicted molar refractivity (Wildman–Crippen MR) is 84.2 cm³/mol. The molecule has 1 aromatic carbocycles. The molecular weight excluding hydrogens is 290 g/mol. The minimum atomic E-state index is -0.322. The minimum Gasteiger partial charge on any atom is -0.350 e. The largest absolute Gasteiger partial charge is 0.350 e. The number of hydrogen-bond acceptors (Lipinski definition) is 2. The Morgan fingerprint density at radius 1 is 1.10 bits per heavy atom. The number of halogens is 1. The van der Waals surface area contributed by atoms with Gasteiger partial charge >= 0.3 is 6.03 Å². The van der Waals surface area contributed by atoms with Crippen molar-refractivity contribution in [2.24, 2.45) is 5.92 Å². The lowest BCUT2D eigenvalue weighted by Gasteiger charge is -2.09. The lowest BCUT2D eigenvalue weighted by Crippen LogP contribution is -2.42. The zero-order chi connectivity index (χ0) is 15.7. The number of amides is 3. The Morgan fingerprint density at radius 2 is 1.76 bits per heavy atom. The summed E-state index contributed by atoms with van der Waals surface area (Å²) < 4.78 is 0. The van der Waals surface area contributed by atoms with Gasteiger partial charge < -0.3 is 16.0 Å². The van der Waals surface area contributed by atoms with Gasteiger partial charge in [-0.2, -0.15) is 0 Å². The molecule has 0 aliphatic heterocycles. The first kappa shape index (κ1) is 17.3. The average molecular weight is 312 g/mol. The third-order valence-corrected chi connectivity index (χ3v) is 3.07. The number of hydrogen-bond donors (Lipinski definition) is 3. The molecule has 0 aromatic heterocycles. The molecule has 1 rings (SSSR count). The average Bonchev–Trinajstić information content (AvgIpc) is 2.44. The zero-order valence-electron chi connectivity index (χ0n) is 12.4. The van der Waals surface area contributed by atoms with Crippen LogP contribution in [0.5, 0.6) is 0 Å². The summed E-state index contributed by atoms with van der Waals surface area (Å²) in [7, 11) is 0. The van der Waals surface area contributed by atoms with Crippen LogP contribution < -0.4 is 16.0 Å². The van der Waals surface area contributed by atoms with E-state index in [1.807, 2.05) is 12.1 Å². The lowest BCUT2D eigenvalue weighted by atomic mass is 10.1. The normalized spacial score (nSPS) is 10.3. The standard InChI is InChI=1S/C15H22ClN3O2/c1-11(2)7-8-17-15(21)19-10-14(20)18-9-12-3-5-13(16)6-4-12/h3-6,11H,7-10H2,1-2H3,(H,18,20)(H2,17,19,21). The minimum absolute atomic E-state index is 0.0406. The van der Waals surface area contributed by atoms with E-state index in [0.29, 0.717) is 24.0 Å². The highest BCUT2D eigenvalue weighted by molar-refractivity contribution is 6.30. The summed E-state index contributed by atoms with van der Waals surface area (Å²) in [5.74, 6) is 0.303. The smallest absolute Gasteiger partial charge is 0.315 e. The fourth-order valence-corrected chi connectivity index (χ4v) is 1.69. The van der Waals surface area contributed by atoms with Gasteiger partial charge in [-0.15, -0.1) is 0 Å². The van der Waals surface area contributed by atoms with Crippen LogP contribution >= 0.6 is 11.6 Å². The van der Waals surface area contributed by atoms with Crippen molar-refractivity contribution in [3.05, 3.63) is 34.9 Å². The maximum absolute atomic E-state index is 11.6. The van der Waals surface area contributed by atoms with E-state index in [4.69, 9.17) is 11.6 Å². The van der Waals surface area contributed by atoms with E-state index in [1.165, 1.54) is 0 Å². The van der Waals surface area contributed by atoms with E-state index in [2.05, 4.69) is 29.8 Å². The monoisotopic (exact) mass is 311 g/mol. The van der Waals surface area contributed by atoms with E-state index in [0.717, 1.165) is 12.0 Å². The Morgan fingerprint density at radius 3 is 2.38 bits per heavy atom. The van der Waals surface area contributed by atoms with Gasteiger partial charge in [-0.05, 0) is 30.0 Å². The Bertz CT molecular complexity index is 460. The molecule has 0 fully saturated rings. The lowest BCUT2D eigenvalue weighted by molar-refractivity contribution is -0.120. The Labute approximate surface area is 130 Å². The number of rotatable bonds is 7. The molecule has 0 aliphatic carbocycles. The van der Waals surface area contributed by atoms with Gasteiger partial charge in [0.05, 0.1) is 6.54 Å². The summed E-state index contributed by atoms with van der Waals surface area (Å²) in [4.78, 5) is 23.0. The van der Waals surface area contributed by atoms with Gasteiger partial charge in [-0.1, -0.05) is 37.6 Å².